The van der Waals surface area contributed by atoms with Gasteiger partial charge in [-0.2, -0.15) is 0 Å². The Balaban J connectivity index is 1.67. The van der Waals surface area contributed by atoms with Crippen LogP contribution in [0.3, 0.4) is 0 Å². The van der Waals surface area contributed by atoms with Crippen LogP contribution in [0.2, 0.25) is 0 Å². The molecule has 2 aliphatic rings. The van der Waals surface area contributed by atoms with Crippen molar-refractivity contribution in [1.29, 1.82) is 0 Å². The maximum Gasteiger partial charge on any atom is 0.0483 e. The fraction of sp³-hybridized carbons (Fsp3) is 1.00. The second-order valence-corrected chi connectivity index (χ2v) is 6.11. The standard InChI is InChI=1S/C15H29NO/c1-2-3-4-5-7-14-8-6-9-15(14)16-10-13(11-16)12-17/h13-15,17H,2-12H2,1H3/t14-,15+/m1/s1. The molecule has 0 amide bonds. The van der Waals surface area contributed by atoms with E-state index in [1.165, 1.54) is 51.4 Å². The van der Waals surface area contributed by atoms with Gasteiger partial charge in [0.05, 0.1) is 0 Å². The fourth-order valence-corrected chi connectivity index (χ4v) is 3.66. The molecule has 2 rings (SSSR count). The molecule has 0 aromatic heterocycles. The van der Waals surface area contributed by atoms with Gasteiger partial charge in [-0.15, -0.1) is 0 Å². The van der Waals surface area contributed by atoms with E-state index in [0.717, 1.165) is 25.0 Å². The molecule has 2 fully saturated rings. The minimum atomic E-state index is 0.393. The highest BCUT2D eigenvalue weighted by Crippen LogP contribution is 2.36. The molecule has 0 spiro atoms. The van der Waals surface area contributed by atoms with Crippen LogP contribution in [0, 0.1) is 11.8 Å². The zero-order valence-electron chi connectivity index (χ0n) is 11.4. The Kier molecular flexibility index (Phi) is 5.30. The van der Waals surface area contributed by atoms with Crippen LogP contribution in [0.15, 0.2) is 0 Å². The molecule has 0 unspecified atom stereocenters. The molecule has 1 aliphatic heterocycles. The van der Waals surface area contributed by atoms with E-state index >= 15 is 0 Å². The van der Waals surface area contributed by atoms with Crippen molar-refractivity contribution in [2.75, 3.05) is 19.7 Å². The lowest BCUT2D eigenvalue weighted by Crippen LogP contribution is -2.54. The first-order chi connectivity index (χ1) is 8.35. The molecule has 1 saturated carbocycles. The van der Waals surface area contributed by atoms with Gasteiger partial charge in [-0.1, -0.05) is 39.0 Å². The molecule has 2 nitrogen and oxygen atoms in total. The normalized spacial score (nSPS) is 30.7. The highest BCUT2D eigenvalue weighted by Gasteiger charge is 2.37. The molecular formula is C15H29NO. The van der Waals surface area contributed by atoms with Crippen molar-refractivity contribution in [3.8, 4) is 0 Å². The van der Waals surface area contributed by atoms with Crippen LogP contribution < -0.4 is 0 Å². The third kappa shape index (κ3) is 3.45. The fourth-order valence-electron chi connectivity index (χ4n) is 3.66. The molecular weight excluding hydrogens is 210 g/mol. The van der Waals surface area contributed by atoms with Gasteiger partial charge in [0.1, 0.15) is 0 Å². The first-order valence-corrected chi connectivity index (χ1v) is 7.70. The van der Waals surface area contributed by atoms with Gasteiger partial charge in [0, 0.05) is 31.7 Å². The molecule has 1 N–H and O–H groups in total. The molecule has 2 atom stereocenters. The van der Waals surface area contributed by atoms with Crippen LogP contribution in [-0.2, 0) is 0 Å². The van der Waals surface area contributed by atoms with Gasteiger partial charge in [0.25, 0.3) is 0 Å². The molecule has 1 heterocycles. The molecule has 0 radical (unpaired) electrons. The van der Waals surface area contributed by atoms with Crippen molar-refractivity contribution < 1.29 is 5.11 Å². The number of hydrogen-bond acceptors (Lipinski definition) is 2. The van der Waals surface area contributed by atoms with Crippen LogP contribution in [0.4, 0.5) is 0 Å². The molecule has 100 valence electrons. The summed E-state index contributed by atoms with van der Waals surface area (Å²) < 4.78 is 0. The summed E-state index contributed by atoms with van der Waals surface area (Å²) in [7, 11) is 0. The van der Waals surface area contributed by atoms with Crippen molar-refractivity contribution in [2.45, 2.75) is 64.3 Å². The highest BCUT2D eigenvalue weighted by atomic mass is 16.3. The van der Waals surface area contributed by atoms with Crippen molar-refractivity contribution in [3.63, 3.8) is 0 Å². The third-order valence-corrected chi connectivity index (χ3v) is 4.76. The maximum atomic E-state index is 9.09. The predicted octanol–water partition coefficient (Wildman–Crippen LogP) is 3.05. The van der Waals surface area contributed by atoms with E-state index in [4.69, 9.17) is 5.11 Å². The summed E-state index contributed by atoms with van der Waals surface area (Å²) in [6, 6.07) is 0.861. The van der Waals surface area contributed by atoms with Gasteiger partial charge in [0.15, 0.2) is 0 Å². The second kappa shape index (κ2) is 6.75. The number of unbranched alkanes of at least 4 members (excludes halogenated alkanes) is 3. The molecule has 0 aromatic carbocycles. The Hall–Kier alpha value is -0.0800. The minimum Gasteiger partial charge on any atom is -0.396 e. The number of nitrogens with zero attached hydrogens (tertiary/aromatic N) is 1. The molecule has 1 saturated heterocycles. The van der Waals surface area contributed by atoms with Gasteiger partial charge in [-0.25, -0.2) is 0 Å². The SMILES string of the molecule is CCCCCC[C@@H]1CCC[C@@H]1N1CC(CO)C1. The summed E-state index contributed by atoms with van der Waals surface area (Å²) in [5.41, 5.74) is 0. The third-order valence-electron chi connectivity index (χ3n) is 4.76. The molecule has 2 heteroatoms. The summed E-state index contributed by atoms with van der Waals surface area (Å²) in [6.45, 7) is 5.00. The zero-order valence-corrected chi connectivity index (χ0v) is 11.4. The quantitative estimate of drug-likeness (QED) is 0.690. The van der Waals surface area contributed by atoms with E-state index in [9.17, 15) is 0 Å². The average molecular weight is 239 g/mol. The van der Waals surface area contributed by atoms with Gasteiger partial charge in [-0.05, 0) is 25.2 Å². The van der Waals surface area contributed by atoms with E-state index in [1.54, 1.807) is 0 Å². The lowest BCUT2D eigenvalue weighted by atomic mass is 9.90. The van der Waals surface area contributed by atoms with Gasteiger partial charge in [0.2, 0.25) is 0 Å². The molecule has 0 aromatic rings. The molecule has 0 bridgehead atoms. The largest absolute Gasteiger partial charge is 0.396 e. The van der Waals surface area contributed by atoms with Crippen molar-refractivity contribution in [2.24, 2.45) is 11.8 Å². The van der Waals surface area contributed by atoms with Crippen molar-refractivity contribution in [3.05, 3.63) is 0 Å². The van der Waals surface area contributed by atoms with Crippen LogP contribution in [0.5, 0.6) is 0 Å². The van der Waals surface area contributed by atoms with Crippen LogP contribution in [0.25, 0.3) is 0 Å². The Morgan fingerprint density at radius 3 is 2.65 bits per heavy atom. The average Bonchev–Trinajstić information content (AvgIpc) is 2.72. The number of aliphatic hydroxyl groups excluding tert-OH is 1. The first-order valence-electron chi connectivity index (χ1n) is 7.70. The van der Waals surface area contributed by atoms with E-state index in [0.29, 0.717) is 12.5 Å². The van der Waals surface area contributed by atoms with Crippen LogP contribution >= 0.6 is 0 Å². The van der Waals surface area contributed by atoms with Crippen LogP contribution in [0.1, 0.15) is 58.3 Å². The predicted molar refractivity (Wildman–Crippen MR) is 72.0 cm³/mol. The topological polar surface area (TPSA) is 23.5 Å². The number of likely N-dealkylation sites (tertiary alicyclic amines) is 1. The maximum absolute atomic E-state index is 9.09. The van der Waals surface area contributed by atoms with Gasteiger partial charge < -0.3 is 5.11 Å². The number of aliphatic hydroxyl groups is 1. The first kappa shape index (κ1) is 13.4. The Labute approximate surface area is 106 Å². The smallest absolute Gasteiger partial charge is 0.0483 e. The number of hydrogen-bond donors (Lipinski definition) is 1. The van der Waals surface area contributed by atoms with Crippen molar-refractivity contribution >= 4 is 0 Å². The highest BCUT2D eigenvalue weighted by molar-refractivity contribution is 4.91. The van der Waals surface area contributed by atoms with Crippen molar-refractivity contribution in [1.82, 2.24) is 4.90 Å². The summed E-state index contributed by atoms with van der Waals surface area (Å²) in [6.07, 6.45) is 11.4. The minimum absolute atomic E-state index is 0.393. The summed E-state index contributed by atoms with van der Waals surface area (Å²) >= 11 is 0. The second-order valence-electron chi connectivity index (χ2n) is 6.11. The van der Waals surface area contributed by atoms with Gasteiger partial charge in [-0.3, -0.25) is 4.90 Å². The molecule has 1 aliphatic carbocycles. The Bertz CT molecular complexity index is 213. The monoisotopic (exact) mass is 239 g/mol. The number of rotatable bonds is 7. The van der Waals surface area contributed by atoms with E-state index in [1.807, 2.05) is 0 Å². The lowest BCUT2D eigenvalue weighted by molar-refractivity contribution is 0.00525. The Morgan fingerprint density at radius 2 is 1.94 bits per heavy atom. The zero-order chi connectivity index (χ0) is 12.1. The van der Waals surface area contributed by atoms with E-state index < -0.39 is 0 Å². The summed E-state index contributed by atoms with van der Waals surface area (Å²) in [4.78, 5) is 2.64. The van der Waals surface area contributed by atoms with E-state index in [-0.39, 0.29) is 0 Å². The Morgan fingerprint density at radius 1 is 1.12 bits per heavy atom. The lowest BCUT2D eigenvalue weighted by Gasteiger charge is -2.44. The summed E-state index contributed by atoms with van der Waals surface area (Å²) in [5.74, 6) is 1.54. The molecule has 17 heavy (non-hydrogen) atoms. The van der Waals surface area contributed by atoms with Crippen LogP contribution in [-0.4, -0.2) is 35.7 Å². The summed E-state index contributed by atoms with van der Waals surface area (Å²) in [5, 5.41) is 9.09. The van der Waals surface area contributed by atoms with Gasteiger partial charge >= 0.3 is 0 Å². The van der Waals surface area contributed by atoms with E-state index in [2.05, 4.69) is 11.8 Å².